The van der Waals surface area contributed by atoms with Crippen LogP contribution in [0.5, 0.6) is 0 Å². The van der Waals surface area contributed by atoms with Crippen LogP contribution < -0.4 is 10.6 Å². The first-order valence-corrected chi connectivity index (χ1v) is 7.04. The molecule has 4 nitrogen and oxygen atoms in total. The van der Waals surface area contributed by atoms with Gasteiger partial charge >= 0.3 is 0 Å². The fraction of sp³-hybridized carbons (Fsp3) is 0.500. The Morgan fingerprint density at radius 1 is 1.15 bits per heavy atom. The summed E-state index contributed by atoms with van der Waals surface area (Å²) >= 11 is 0. The molecule has 0 atom stereocenters. The third-order valence-electron chi connectivity index (χ3n) is 3.03. The molecule has 0 spiro atoms. The summed E-state index contributed by atoms with van der Waals surface area (Å²) in [4.78, 5) is 23.6. The molecule has 0 unspecified atom stereocenters. The number of anilines is 1. The zero-order valence-corrected chi connectivity index (χ0v) is 12.3. The van der Waals surface area contributed by atoms with Crippen LogP contribution in [0.4, 0.5) is 5.69 Å². The summed E-state index contributed by atoms with van der Waals surface area (Å²) < 4.78 is 0. The Morgan fingerprint density at radius 2 is 1.75 bits per heavy atom. The van der Waals surface area contributed by atoms with E-state index in [1.54, 1.807) is 24.3 Å². The van der Waals surface area contributed by atoms with E-state index in [4.69, 9.17) is 0 Å². The maximum atomic E-state index is 11.8. The van der Waals surface area contributed by atoms with Crippen molar-refractivity contribution in [2.75, 3.05) is 5.32 Å². The van der Waals surface area contributed by atoms with Gasteiger partial charge in [0, 0.05) is 23.7 Å². The van der Waals surface area contributed by atoms with Crippen molar-refractivity contribution < 1.29 is 9.59 Å². The van der Waals surface area contributed by atoms with E-state index >= 15 is 0 Å². The number of carbonyl (C=O) groups excluding carboxylic acids is 2. The molecule has 1 saturated carbocycles. The van der Waals surface area contributed by atoms with E-state index < -0.39 is 0 Å². The van der Waals surface area contributed by atoms with E-state index in [1.807, 2.05) is 20.8 Å². The van der Waals surface area contributed by atoms with Gasteiger partial charge in [-0.05, 0) is 42.5 Å². The van der Waals surface area contributed by atoms with Crippen molar-refractivity contribution in [2.45, 2.75) is 46.1 Å². The molecule has 1 aliphatic carbocycles. The molecule has 108 valence electrons. The number of rotatable bonds is 4. The Kier molecular flexibility index (Phi) is 4.12. The summed E-state index contributed by atoms with van der Waals surface area (Å²) in [7, 11) is 0. The zero-order valence-electron chi connectivity index (χ0n) is 12.3. The lowest BCUT2D eigenvalue weighted by Gasteiger charge is -2.17. The first-order valence-electron chi connectivity index (χ1n) is 7.04. The number of amides is 2. The molecule has 20 heavy (non-hydrogen) atoms. The topological polar surface area (TPSA) is 58.2 Å². The Labute approximate surface area is 119 Å². The molecule has 4 heteroatoms. The molecule has 1 fully saturated rings. The molecule has 2 amide bonds. The fourth-order valence-electron chi connectivity index (χ4n) is 1.89. The minimum Gasteiger partial charge on any atom is -0.349 e. The molecule has 0 saturated heterocycles. The van der Waals surface area contributed by atoms with Gasteiger partial charge in [-0.2, -0.15) is 0 Å². The smallest absolute Gasteiger partial charge is 0.251 e. The summed E-state index contributed by atoms with van der Waals surface area (Å²) in [6, 6.07) is 7.37. The van der Waals surface area contributed by atoms with Crippen molar-refractivity contribution >= 4 is 17.5 Å². The molecule has 0 radical (unpaired) electrons. The molecule has 0 aromatic heterocycles. The van der Waals surface area contributed by atoms with Crippen LogP contribution in [0.1, 0.15) is 50.4 Å². The Hall–Kier alpha value is -1.84. The first-order chi connectivity index (χ1) is 9.33. The van der Waals surface area contributed by atoms with Crippen molar-refractivity contribution in [3.05, 3.63) is 29.8 Å². The van der Waals surface area contributed by atoms with E-state index in [1.165, 1.54) is 0 Å². The van der Waals surface area contributed by atoms with Crippen LogP contribution in [-0.2, 0) is 4.79 Å². The minimum atomic E-state index is -0.0416. The van der Waals surface area contributed by atoms with Crippen LogP contribution in [0, 0.1) is 5.41 Å². The van der Waals surface area contributed by atoms with Crippen molar-refractivity contribution in [1.29, 1.82) is 0 Å². The zero-order chi connectivity index (χ0) is 14.8. The van der Waals surface area contributed by atoms with Gasteiger partial charge in [0.1, 0.15) is 0 Å². The number of benzene rings is 1. The number of hydrogen-bond acceptors (Lipinski definition) is 2. The fourth-order valence-corrected chi connectivity index (χ4v) is 1.89. The van der Waals surface area contributed by atoms with Gasteiger partial charge < -0.3 is 10.6 Å². The van der Waals surface area contributed by atoms with E-state index in [-0.39, 0.29) is 17.2 Å². The highest BCUT2D eigenvalue weighted by Gasteiger charge is 2.23. The number of hydrogen-bond donors (Lipinski definition) is 2. The van der Waals surface area contributed by atoms with E-state index in [2.05, 4.69) is 10.6 Å². The molecule has 0 aliphatic heterocycles. The molecule has 1 aliphatic rings. The van der Waals surface area contributed by atoms with Crippen LogP contribution in [-0.4, -0.2) is 17.9 Å². The number of carbonyl (C=O) groups is 2. The SMILES string of the molecule is CC(C)(C)CC(=O)Nc1ccc(C(=O)NC2CC2)cc1. The predicted octanol–water partition coefficient (Wildman–Crippen LogP) is 2.95. The van der Waals surface area contributed by atoms with Crippen LogP contribution in [0.3, 0.4) is 0 Å². The Bertz CT molecular complexity index is 496. The molecular weight excluding hydrogens is 252 g/mol. The van der Waals surface area contributed by atoms with Crippen molar-refractivity contribution in [1.82, 2.24) is 5.32 Å². The minimum absolute atomic E-state index is 0.00678. The predicted molar refractivity (Wildman–Crippen MR) is 79.6 cm³/mol. The second-order valence-corrected chi connectivity index (χ2v) is 6.61. The van der Waals surface area contributed by atoms with E-state index in [0.717, 1.165) is 18.5 Å². The molecule has 2 rings (SSSR count). The van der Waals surface area contributed by atoms with E-state index in [0.29, 0.717) is 18.0 Å². The highest BCUT2D eigenvalue weighted by Crippen LogP contribution is 2.21. The van der Waals surface area contributed by atoms with Gasteiger partial charge in [0.25, 0.3) is 5.91 Å². The van der Waals surface area contributed by atoms with Crippen LogP contribution in [0.2, 0.25) is 0 Å². The Balaban J connectivity index is 1.90. The van der Waals surface area contributed by atoms with Gasteiger partial charge in [-0.3, -0.25) is 9.59 Å². The summed E-state index contributed by atoms with van der Waals surface area (Å²) in [5.74, 6) is -0.0484. The third-order valence-corrected chi connectivity index (χ3v) is 3.03. The molecule has 2 N–H and O–H groups in total. The van der Waals surface area contributed by atoms with Crippen LogP contribution in [0.15, 0.2) is 24.3 Å². The highest BCUT2D eigenvalue weighted by atomic mass is 16.2. The standard InChI is InChI=1S/C16H22N2O2/c1-16(2,3)10-14(19)17-12-6-4-11(5-7-12)15(20)18-13-8-9-13/h4-7,13H,8-10H2,1-3H3,(H,17,19)(H,18,20). The van der Waals surface area contributed by atoms with Gasteiger partial charge in [0.15, 0.2) is 0 Å². The summed E-state index contributed by atoms with van der Waals surface area (Å²) in [6.07, 6.45) is 2.62. The second kappa shape index (κ2) is 5.65. The molecule has 1 aromatic rings. The first kappa shape index (κ1) is 14.6. The van der Waals surface area contributed by atoms with Crippen molar-refractivity contribution in [2.24, 2.45) is 5.41 Å². The van der Waals surface area contributed by atoms with Crippen LogP contribution >= 0.6 is 0 Å². The highest BCUT2D eigenvalue weighted by molar-refractivity contribution is 5.96. The largest absolute Gasteiger partial charge is 0.349 e. The lowest BCUT2D eigenvalue weighted by Crippen LogP contribution is -2.25. The van der Waals surface area contributed by atoms with E-state index in [9.17, 15) is 9.59 Å². The third kappa shape index (κ3) is 4.68. The van der Waals surface area contributed by atoms with Gasteiger partial charge in [-0.25, -0.2) is 0 Å². The average Bonchev–Trinajstić information content (AvgIpc) is 3.11. The number of nitrogens with one attached hydrogen (secondary N) is 2. The lowest BCUT2D eigenvalue weighted by molar-refractivity contribution is -0.117. The molecule has 1 aromatic carbocycles. The summed E-state index contributed by atoms with van der Waals surface area (Å²) in [5.41, 5.74) is 1.32. The Morgan fingerprint density at radius 3 is 2.25 bits per heavy atom. The summed E-state index contributed by atoms with van der Waals surface area (Å²) in [6.45, 7) is 6.08. The second-order valence-electron chi connectivity index (χ2n) is 6.61. The van der Waals surface area contributed by atoms with Crippen molar-refractivity contribution in [3.8, 4) is 0 Å². The maximum absolute atomic E-state index is 11.8. The molecular formula is C16H22N2O2. The molecule has 0 heterocycles. The molecule has 0 bridgehead atoms. The monoisotopic (exact) mass is 274 g/mol. The average molecular weight is 274 g/mol. The maximum Gasteiger partial charge on any atom is 0.251 e. The van der Waals surface area contributed by atoms with Crippen LogP contribution in [0.25, 0.3) is 0 Å². The lowest BCUT2D eigenvalue weighted by atomic mass is 9.92. The van der Waals surface area contributed by atoms with Gasteiger partial charge in [0.2, 0.25) is 5.91 Å². The quantitative estimate of drug-likeness (QED) is 0.887. The normalized spacial score (nSPS) is 14.8. The van der Waals surface area contributed by atoms with Gasteiger partial charge in [-0.1, -0.05) is 20.8 Å². The summed E-state index contributed by atoms with van der Waals surface area (Å²) in [5, 5.41) is 5.78. The van der Waals surface area contributed by atoms with Gasteiger partial charge in [-0.15, -0.1) is 0 Å². The van der Waals surface area contributed by atoms with Crippen molar-refractivity contribution in [3.63, 3.8) is 0 Å². The van der Waals surface area contributed by atoms with Gasteiger partial charge in [0.05, 0.1) is 0 Å².